The molecule has 0 aliphatic rings. The number of hydrogen-bond acceptors (Lipinski definition) is 2. The van der Waals surface area contributed by atoms with E-state index in [4.69, 9.17) is 0 Å². The van der Waals surface area contributed by atoms with Crippen molar-refractivity contribution in [3.63, 3.8) is 0 Å². The lowest BCUT2D eigenvalue weighted by molar-refractivity contribution is -0.120. The molecule has 2 aromatic rings. The molecule has 0 aliphatic carbocycles. The van der Waals surface area contributed by atoms with Crippen LogP contribution in [0, 0.1) is 5.82 Å². The van der Waals surface area contributed by atoms with Gasteiger partial charge in [-0.1, -0.05) is 30.3 Å². The number of hydrogen-bond donors (Lipinski definition) is 2. The third-order valence-electron chi connectivity index (χ3n) is 3.07. The van der Waals surface area contributed by atoms with Crippen LogP contribution in [0.5, 0.6) is 0 Å². The Morgan fingerprint density at radius 2 is 1.73 bits per heavy atom. The molecule has 4 nitrogen and oxygen atoms in total. The van der Waals surface area contributed by atoms with E-state index in [9.17, 15) is 14.0 Å². The van der Waals surface area contributed by atoms with E-state index in [2.05, 4.69) is 10.6 Å². The lowest BCUT2D eigenvalue weighted by Gasteiger charge is -2.07. The average Bonchev–Trinajstić information content (AvgIpc) is 2.48. The Morgan fingerprint density at radius 1 is 1.05 bits per heavy atom. The summed E-state index contributed by atoms with van der Waals surface area (Å²) >= 11 is 0. The molecular formula is C17H17FN2O2. The van der Waals surface area contributed by atoms with Gasteiger partial charge in [-0.25, -0.2) is 4.39 Å². The summed E-state index contributed by atoms with van der Waals surface area (Å²) in [4.78, 5) is 22.7. The molecule has 0 unspecified atom stereocenters. The molecule has 0 aliphatic heterocycles. The highest BCUT2D eigenvalue weighted by Crippen LogP contribution is 2.10. The fourth-order valence-electron chi connectivity index (χ4n) is 1.99. The summed E-state index contributed by atoms with van der Waals surface area (Å²) in [7, 11) is 0. The summed E-state index contributed by atoms with van der Waals surface area (Å²) in [6.45, 7) is 1.80. The molecular weight excluding hydrogens is 283 g/mol. The zero-order chi connectivity index (χ0) is 15.9. The molecule has 2 aromatic carbocycles. The van der Waals surface area contributed by atoms with Gasteiger partial charge >= 0.3 is 0 Å². The Kier molecular flexibility index (Phi) is 5.25. The zero-order valence-electron chi connectivity index (χ0n) is 12.2. The van der Waals surface area contributed by atoms with E-state index in [1.54, 1.807) is 30.3 Å². The van der Waals surface area contributed by atoms with Gasteiger partial charge in [0.25, 0.3) is 0 Å². The monoisotopic (exact) mass is 300 g/mol. The highest BCUT2D eigenvalue weighted by Gasteiger charge is 2.07. The molecule has 2 rings (SSSR count). The summed E-state index contributed by atoms with van der Waals surface area (Å²) in [6, 6.07) is 13.4. The minimum atomic E-state index is -0.377. The van der Waals surface area contributed by atoms with Crippen LogP contribution in [0.15, 0.2) is 48.5 Å². The van der Waals surface area contributed by atoms with Crippen molar-refractivity contribution in [3.05, 3.63) is 65.5 Å². The normalized spacial score (nSPS) is 10.1. The maximum atomic E-state index is 13.4. The SMILES string of the molecule is CC(=O)Nc1ccc(CNC(=O)Cc2ccccc2F)cc1. The molecule has 5 heteroatoms. The Labute approximate surface area is 128 Å². The molecule has 22 heavy (non-hydrogen) atoms. The molecule has 2 amide bonds. The van der Waals surface area contributed by atoms with Crippen LogP contribution < -0.4 is 10.6 Å². The van der Waals surface area contributed by atoms with Crippen molar-refractivity contribution in [2.75, 3.05) is 5.32 Å². The smallest absolute Gasteiger partial charge is 0.224 e. The number of nitrogens with one attached hydrogen (secondary N) is 2. The number of carbonyl (C=O) groups excluding carboxylic acids is 2. The largest absolute Gasteiger partial charge is 0.352 e. The topological polar surface area (TPSA) is 58.2 Å². The number of halogens is 1. The fourth-order valence-corrected chi connectivity index (χ4v) is 1.99. The number of carbonyl (C=O) groups is 2. The van der Waals surface area contributed by atoms with Crippen molar-refractivity contribution in [3.8, 4) is 0 Å². The second-order valence-electron chi connectivity index (χ2n) is 4.92. The van der Waals surface area contributed by atoms with Gasteiger partial charge in [0.2, 0.25) is 11.8 Å². The lowest BCUT2D eigenvalue weighted by atomic mass is 10.1. The first kappa shape index (κ1) is 15.7. The third kappa shape index (κ3) is 4.70. The number of amides is 2. The summed E-state index contributed by atoms with van der Waals surface area (Å²) < 4.78 is 13.4. The predicted octanol–water partition coefficient (Wildman–Crippen LogP) is 2.64. The van der Waals surface area contributed by atoms with Crippen molar-refractivity contribution < 1.29 is 14.0 Å². The summed E-state index contributed by atoms with van der Waals surface area (Å²) in [5, 5.41) is 5.41. The molecule has 0 atom stereocenters. The van der Waals surface area contributed by atoms with Gasteiger partial charge in [0.1, 0.15) is 5.82 Å². The molecule has 0 saturated carbocycles. The first-order valence-corrected chi connectivity index (χ1v) is 6.91. The quantitative estimate of drug-likeness (QED) is 0.892. The summed E-state index contributed by atoms with van der Waals surface area (Å²) in [5.74, 6) is -0.751. The number of benzene rings is 2. The van der Waals surface area contributed by atoms with Gasteiger partial charge in [-0.15, -0.1) is 0 Å². The molecule has 0 aromatic heterocycles. The van der Waals surface area contributed by atoms with E-state index in [1.807, 2.05) is 12.1 Å². The second-order valence-corrected chi connectivity index (χ2v) is 4.92. The van der Waals surface area contributed by atoms with E-state index in [1.165, 1.54) is 13.0 Å². The maximum absolute atomic E-state index is 13.4. The van der Waals surface area contributed by atoms with Crippen LogP contribution in [-0.4, -0.2) is 11.8 Å². The number of anilines is 1. The van der Waals surface area contributed by atoms with Crippen LogP contribution in [0.3, 0.4) is 0 Å². The molecule has 0 saturated heterocycles. The zero-order valence-corrected chi connectivity index (χ0v) is 12.2. The van der Waals surface area contributed by atoms with E-state index >= 15 is 0 Å². The van der Waals surface area contributed by atoms with Gasteiger partial charge in [-0.05, 0) is 29.3 Å². The maximum Gasteiger partial charge on any atom is 0.224 e. The second kappa shape index (κ2) is 7.36. The van der Waals surface area contributed by atoms with Gasteiger partial charge in [-0.3, -0.25) is 9.59 Å². The van der Waals surface area contributed by atoms with Crippen molar-refractivity contribution in [2.24, 2.45) is 0 Å². The van der Waals surface area contributed by atoms with Crippen LogP contribution in [0.4, 0.5) is 10.1 Å². The molecule has 0 radical (unpaired) electrons. The summed E-state index contributed by atoms with van der Waals surface area (Å²) in [6.07, 6.45) is 0.0106. The van der Waals surface area contributed by atoms with Crippen LogP contribution in [0.1, 0.15) is 18.1 Å². The first-order valence-electron chi connectivity index (χ1n) is 6.91. The average molecular weight is 300 g/mol. The van der Waals surface area contributed by atoms with E-state index in [0.717, 1.165) is 5.56 Å². The van der Waals surface area contributed by atoms with Crippen LogP contribution in [-0.2, 0) is 22.6 Å². The van der Waals surface area contributed by atoms with Gasteiger partial charge in [0.15, 0.2) is 0 Å². The first-order chi connectivity index (χ1) is 10.5. The lowest BCUT2D eigenvalue weighted by Crippen LogP contribution is -2.24. The third-order valence-corrected chi connectivity index (χ3v) is 3.07. The molecule has 0 spiro atoms. The molecule has 0 heterocycles. The standard InChI is InChI=1S/C17H17FN2O2/c1-12(21)20-15-8-6-13(7-9-15)11-19-17(22)10-14-4-2-3-5-16(14)18/h2-9H,10-11H2,1H3,(H,19,22)(H,20,21). The highest BCUT2D eigenvalue weighted by molar-refractivity contribution is 5.88. The molecule has 2 N–H and O–H groups in total. The Balaban J connectivity index is 1.86. The van der Waals surface area contributed by atoms with Crippen LogP contribution in [0.2, 0.25) is 0 Å². The highest BCUT2D eigenvalue weighted by atomic mass is 19.1. The van der Waals surface area contributed by atoms with Crippen molar-refractivity contribution in [1.29, 1.82) is 0 Å². The van der Waals surface area contributed by atoms with Gasteiger partial charge in [-0.2, -0.15) is 0 Å². The van der Waals surface area contributed by atoms with E-state index in [0.29, 0.717) is 17.8 Å². The van der Waals surface area contributed by atoms with Crippen molar-refractivity contribution in [2.45, 2.75) is 19.9 Å². The predicted molar refractivity (Wildman–Crippen MR) is 82.7 cm³/mol. The van der Waals surface area contributed by atoms with E-state index in [-0.39, 0.29) is 24.1 Å². The fraction of sp³-hybridized carbons (Fsp3) is 0.176. The number of rotatable bonds is 5. The molecule has 0 fully saturated rings. The Morgan fingerprint density at radius 3 is 2.36 bits per heavy atom. The van der Waals surface area contributed by atoms with Gasteiger partial charge in [0, 0.05) is 19.2 Å². The van der Waals surface area contributed by atoms with Gasteiger partial charge < -0.3 is 10.6 Å². The molecule has 0 bridgehead atoms. The van der Waals surface area contributed by atoms with Crippen molar-refractivity contribution in [1.82, 2.24) is 5.32 Å². The Bertz CT molecular complexity index is 669. The van der Waals surface area contributed by atoms with Crippen LogP contribution >= 0.6 is 0 Å². The summed E-state index contributed by atoms with van der Waals surface area (Å²) in [5.41, 5.74) is 1.98. The minimum Gasteiger partial charge on any atom is -0.352 e. The Hall–Kier alpha value is -2.69. The van der Waals surface area contributed by atoms with Crippen LogP contribution in [0.25, 0.3) is 0 Å². The minimum absolute atomic E-state index is 0.0106. The van der Waals surface area contributed by atoms with Crippen molar-refractivity contribution >= 4 is 17.5 Å². The van der Waals surface area contributed by atoms with E-state index < -0.39 is 0 Å². The van der Waals surface area contributed by atoms with Gasteiger partial charge in [0.05, 0.1) is 6.42 Å². The molecule has 114 valence electrons.